The first kappa shape index (κ1) is 14.1. The van der Waals surface area contributed by atoms with Crippen molar-refractivity contribution in [1.82, 2.24) is 4.90 Å². The minimum absolute atomic E-state index is 0.406. The van der Waals surface area contributed by atoms with E-state index >= 15 is 0 Å². The van der Waals surface area contributed by atoms with Crippen molar-refractivity contribution in [2.24, 2.45) is 5.73 Å². The van der Waals surface area contributed by atoms with Crippen LogP contribution in [0.4, 0.5) is 0 Å². The Kier molecular flexibility index (Phi) is 5.41. The predicted molar refractivity (Wildman–Crippen MR) is 77.7 cm³/mol. The van der Waals surface area contributed by atoms with E-state index in [9.17, 15) is 0 Å². The summed E-state index contributed by atoms with van der Waals surface area (Å²) in [6, 6.07) is 8.84. The Hall–Kier alpha value is -1.34. The Labute approximate surface area is 115 Å². The van der Waals surface area contributed by atoms with E-state index in [0.717, 1.165) is 38.3 Å². The molecule has 1 aliphatic heterocycles. The van der Waals surface area contributed by atoms with Crippen LogP contribution in [0.2, 0.25) is 0 Å². The summed E-state index contributed by atoms with van der Waals surface area (Å²) in [5, 5.41) is 0. The first-order valence-electron chi connectivity index (χ1n) is 6.93. The van der Waals surface area contributed by atoms with Gasteiger partial charge < -0.3 is 10.5 Å². The zero-order chi connectivity index (χ0) is 13.5. The Balaban J connectivity index is 2.13. The molecule has 1 heterocycles. The van der Waals surface area contributed by atoms with Crippen molar-refractivity contribution in [1.29, 1.82) is 0 Å². The lowest BCUT2D eigenvalue weighted by Gasteiger charge is -2.35. The van der Waals surface area contributed by atoms with Gasteiger partial charge in [-0.15, -0.1) is 0 Å². The summed E-state index contributed by atoms with van der Waals surface area (Å²) in [5.41, 5.74) is 7.83. The minimum Gasteiger partial charge on any atom is -0.378 e. The van der Waals surface area contributed by atoms with Crippen LogP contribution in [-0.4, -0.2) is 37.2 Å². The van der Waals surface area contributed by atoms with E-state index in [0.29, 0.717) is 12.6 Å². The first-order valence-corrected chi connectivity index (χ1v) is 6.93. The maximum atomic E-state index is 5.55. The van der Waals surface area contributed by atoms with Gasteiger partial charge in [0.15, 0.2) is 0 Å². The SMILES string of the molecule is CCC1COCCN1Cc1ccccc1C#CCN. The van der Waals surface area contributed by atoms with Crippen molar-refractivity contribution in [2.45, 2.75) is 25.9 Å². The van der Waals surface area contributed by atoms with Crippen LogP contribution in [0, 0.1) is 11.8 Å². The van der Waals surface area contributed by atoms with Crippen molar-refractivity contribution >= 4 is 0 Å². The van der Waals surface area contributed by atoms with Gasteiger partial charge in [-0.05, 0) is 18.1 Å². The second-order valence-corrected chi connectivity index (χ2v) is 4.77. The molecule has 3 heteroatoms. The molecule has 0 spiro atoms. The Morgan fingerprint density at radius 1 is 1.42 bits per heavy atom. The van der Waals surface area contributed by atoms with E-state index in [1.54, 1.807) is 0 Å². The topological polar surface area (TPSA) is 38.5 Å². The number of morpholine rings is 1. The van der Waals surface area contributed by atoms with Gasteiger partial charge in [0.1, 0.15) is 0 Å². The van der Waals surface area contributed by atoms with Crippen molar-refractivity contribution in [3.05, 3.63) is 35.4 Å². The Bertz CT molecular complexity index is 461. The quantitative estimate of drug-likeness (QED) is 0.837. The third-order valence-electron chi connectivity index (χ3n) is 3.54. The van der Waals surface area contributed by atoms with Crippen LogP contribution in [0.25, 0.3) is 0 Å². The highest BCUT2D eigenvalue weighted by atomic mass is 16.5. The monoisotopic (exact) mass is 258 g/mol. The summed E-state index contributed by atoms with van der Waals surface area (Å²) in [4.78, 5) is 2.49. The van der Waals surface area contributed by atoms with Crippen LogP contribution in [-0.2, 0) is 11.3 Å². The first-order chi connectivity index (χ1) is 9.35. The zero-order valence-electron chi connectivity index (χ0n) is 11.6. The van der Waals surface area contributed by atoms with Crippen LogP contribution >= 0.6 is 0 Å². The number of hydrogen-bond acceptors (Lipinski definition) is 3. The molecule has 19 heavy (non-hydrogen) atoms. The van der Waals surface area contributed by atoms with Crippen LogP contribution in [0.3, 0.4) is 0 Å². The van der Waals surface area contributed by atoms with E-state index in [1.165, 1.54) is 5.56 Å². The molecule has 0 bridgehead atoms. The van der Waals surface area contributed by atoms with E-state index in [4.69, 9.17) is 10.5 Å². The molecular weight excluding hydrogens is 236 g/mol. The normalized spacial score (nSPS) is 19.8. The van der Waals surface area contributed by atoms with Gasteiger partial charge in [-0.3, -0.25) is 4.90 Å². The maximum absolute atomic E-state index is 5.55. The highest BCUT2D eigenvalue weighted by molar-refractivity contribution is 5.41. The third kappa shape index (κ3) is 3.81. The average Bonchev–Trinajstić information content (AvgIpc) is 2.47. The van der Waals surface area contributed by atoms with Gasteiger partial charge in [-0.2, -0.15) is 0 Å². The molecule has 1 atom stereocenters. The maximum Gasteiger partial charge on any atom is 0.0622 e. The summed E-state index contributed by atoms with van der Waals surface area (Å²) in [7, 11) is 0. The fourth-order valence-corrected chi connectivity index (χ4v) is 2.42. The molecular formula is C16H22N2O. The largest absolute Gasteiger partial charge is 0.378 e. The summed E-state index contributed by atoms with van der Waals surface area (Å²) >= 11 is 0. The van der Waals surface area contributed by atoms with Crippen molar-refractivity contribution in [3.8, 4) is 11.8 Å². The minimum atomic E-state index is 0.406. The van der Waals surface area contributed by atoms with Crippen LogP contribution in [0.5, 0.6) is 0 Å². The molecule has 0 aromatic heterocycles. The molecule has 0 aliphatic carbocycles. The summed E-state index contributed by atoms with van der Waals surface area (Å²) in [6.07, 6.45) is 1.12. The van der Waals surface area contributed by atoms with Crippen LogP contribution in [0.15, 0.2) is 24.3 Å². The molecule has 1 saturated heterocycles. The van der Waals surface area contributed by atoms with E-state index in [2.05, 4.69) is 41.9 Å². The zero-order valence-corrected chi connectivity index (χ0v) is 11.6. The van der Waals surface area contributed by atoms with E-state index in [-0.39, 0.29) is 0 Å². The molecule has 3 nitrogen and oxygen atoms in total. The standard InChI is InChI=1S/C16H22N2O/c1-2-16-13-19-11-10-18(16)12-15-7-4-3-6-14(15)8-5-9-17/h3-4,6-7,16H,2,9-13,17H2,1H3. The van der Waals surface area contributed by atoms with E-state index in [1.807, 2.05) is 6.07 Å². The van der Waals surface area contributed by atoms with Gasteiger partial charge >= 0.3 is 0 Å². The number of ether oxygens (including phenoxy) is 1. The summed E-state index contributed by atoms with van der Waals surface area (Å²) in [6.45, 7) is 6.23. The number of hydrogen-bond donors (Lipinski definition) is 1. The lowest BCUT2D eigenvalue weighted by Crippen LogP contribution is -2.44. The molecule has 1 aliphatic rings. The molecule has 2 N–H and O–H groups in total. The highest BCUT2D eigenvalue weighted by Crippen LogP contribution is 2.17. The predicted octanol–water partition coefficient (Wildman–Crippen LogP) is 1.61. The van der Waals surface area contributed by atoms with Gasteiger partial charge in [-0.25, -0.2) is 0 Å². The van der Waals surface area contributed by atoms with Gasteiger partial charge in [0, 0.05) is 24.7 Å². The lowest BCUT2D eigenvalue weighted by molar-refractivity contribution is -0.0127. The van der Waals surface area contributed by atoms with Crippen LogP contribution in [0.1, 0.15) is 24.5 Å². The van der Waals surface area contributed by atoms with Crippen LogP contribution < -0.4 is 5.73 Å². The second-order valence-electron chi connectivity index (χ2n) is 4.77. The Morgan fingerprint density at radius 2 is 2.26 bits per heavy atom. The molecule has 1 fully saturated rings. The van der Waals surface area contributed by atoms with Crippen molar-refractivity contribution in [2.75, 3.05) is 26.3 Å². The third-order valence-corrected chi connectivity index (χ3v) is 3.54. The van der Waals surface area contributed by atoms with Gasteiger partial charge in [0.05, 0.1) is 19.8 Å². The molecule has 0 saturated carbocycles. The Morgan fingerprint density at radius 3 is 3.05 bits per heavy atom. The summed E-state index contributed by atoms with van der Waals surface area (Å²) in [5.74, 6) is 6.10. The number of nitrogens with two attached hydrogens (primary N) is 1. The van der Waals surface area contributed by atoms with Crippen molar-refractivity contribution in [3.63, 3.8) is 0 Å². The highest BCUT2D eigenvalue weighted by Gasteiger charge is 2.21. The smallest absolute Gasteiger partial charge is 0.0622 e. The van der Waals surface area contributed by atoms with E-state index < -0.39 is 0 Å². The molecule has 1 aromatic carbocycles. The molecule has 0 radical (unpaired) electrons. The van der Waals surface area contributed by atoms with Gasteiger partial charge in [0.25, 0.3) is 0 Å². The number of rotatable bonds is 3. The number of nitrogens with zero attached hydrogens (tertiary/aromatic N) is 1. The fourth-order valence-electron chi connectivity index (χ4n) is 2.42. The molecule has 2 rings (SSSR count). The van der Waals surface area contributed by atoms with Gasteiger partial charge in [0.2, 0.25) is 0 Å². The fraction of sp³-hybridized carbons (Fsp3) is 0.500. The number of benzene rings is 1. The molecule has 1 aromatic rings. The molecule has 1 unspecified atom stereocenters. The average molecular weight is 258 g/mol. The molecule has 102 valence electrons. The van der Waals surface area contributed by atoms with Gasteiger partial charge in [-0.1, -0.05) is 37.0 Å². The molecule has 0 amide bonds. The summed E-state index contributed by atoms with van der Waals surface area (Å²) < 4.78 is 5.55. The van der Waals surface area contributed by atoms with Crippen molar-refractivity contribution < 1.29 is 4.74 Å². The second kappa shape index (κ2) is 7.30. The lowest BCUT2D eigenvalue weighted by atomic mass is 10.1.